The first-order chi connectivity index (χ1) is 17.1. The summed E-state index contributed by atoms with van der Waals surface area (Å²) in [5.74, 6) is 2.20. The smallest absolute Gasteiger partial charge is 0.227 e. The number of para-hydroxylation sites is 1. The van der Waals surface area contributed by atoms with Gasteiger partial charge in [0.25, 0.3) is 0 Å². The Bertz CT molecular complexity index is 1280. The second-order valence-electron chi connectivity index (χ2n) is 9.72. The van der Waals surface area contributed by atoms with Crippen LogP contribution >= 0.6 is 0 Å². The minimum atomic E-state index is -0.399. The van der Waals surface area contributed by atoms with Gasteiger partial charge in [-0.25, -0.2) is 0 Å². The number of nitrogens with zero attached hydrogens (tertiary/aromatic N) is 2. The monoisotopic (exact) mass is 469 g/mol. The molecule has 1 fully saturated rings. The Kier molecular flexibility index (Phi) is 5.40. The lowest BCUT2D eigenvalue weighted by Crippen LogP contribution is -2.48. The molecular formula is C28H27N3O4. The quantitative estimate of drug-likeness (QED) is 0.622. The molecule has 4 aliphatic heterocycles. The number of rotatable bonds is 2. The minimum Gasteiger partial charge on any atom is -0.489 e. The van der Waals surface area contributed by atoms with Gasteiger partial charge in [-0.05, 0) is 41.8 Å². The van der Waals surface area contributed by atoms with Crippen LogP contribution in [0.4, 0.5) is 0 Å². The lowest BCUT2D eigenvalue weighted by Gasteiger charge is -2.39. The second-order valence-corrected chi connectivity index (χ2v) is 9.72. The Morgan fingerprint density at radius 2 is 2.06 bits per heavy atom. The van der Waals surface area contributed by atoms with Crippen LogP contribution < -0.4 is 14.8 Å². The van der Waals surface area contributed by atoms with Crippen LogP contribution in [0.2, 0.25) is 0 Å². The van der Waals surface area contributed by atoms with Crippen LogP contribution in [0.3, 0.4) is 0 Å². The predicted molar refractivity (Wildman–Crippen MR) is 129 cm³/mol. The number of carbonyl (C=O) groups is 2. The Morgan fingerprint density at radius 3 is 2.94 bits per heavy atom. The summed E-state index contributed by atoms with van der Waals surface area (Å²) in [5.41, 5.74) is 2.56. The normalized spacial score (nSPS) is 22.9. The van der Waals surface area contributed by atoms with E-state index in [2.05, 4.69) is 16.4 Å². The number of fused-ring (bicyclic) bond motifs is 5. The maximum absolute atomic E-state index is 13.3. The van der Waals surface area contributed by atoms with Crippen LogP contribution in [0.25, 0.3) is 0 Å². The fraction of sp³-hybridized carbons (Fsp3) is 0.321. The van der Waals surface area contributed by atoms with Crippen molar-refractivity contribution in [2.75, 3.05) is 26.2 Å². The largest absolute Gasteiger partial charge is 0.489 e. The molecule has 0 unspecified atom stereocenters. The molecule has 2 amide bonds. The Morgan fingerprint density at radius 1 is 1.14 bits per heavy atom. The number of hydrogen-bond donors (Lipinski definition) is 1. The number of likely N-dealkylation sites (tertiary alicyclic amines) is 1. The summed E-state index contributed by atoms with van der Waals surface area (Å²) in [5, 5.41) is 3.16. The number of pyridine rings is 1. The molecule has 1 N–H and O–H groups in total. The van der Waals surface area contributed by atoms with Crippen LogP contribution in [0.1, 0.15) is 29.0 Å². The van der Waals surface area contributed by atoms with Gasteiger partial charge in [0, 0.05) is 55.3 Å². The van der Waals surface area contributed by atoms with Crippen LogP contribution in [0, 0.1) is 5.41 Å². The molecule has 7 nitrogen and oxygen atoms in total. The molecule has 7 heteroatoms. The molecule has 0 radical (unpaired) electrons. The van der Waals surface area contributed by atoms with Gasteiger partial charge < -0.3 is 19.7 Å². The van der Waals surface area contributed by atoms with Crippen LogP contribution in [-0.2, 0) is 22.4 Å². The van der Waals surface area contributed by atoms with Gasteiger partial charge in [-0.3, -0.25) is 14.6 Å². The molecule has 2 atom stereocenters. The van der Waals surface area contributed by atoms with E-state index in [0.717, 1.165) is 22.4 Å². The number of aryl methyl sites for hydroxylation is 1. The Hall–Kier alpha value is -3.87. The molecule has 7 rings (SSSR count). The average molecular weight is 470 g/mol. The summed E-state index contributed by atoms with van der Waals surface area (Å²) < 4.78 is 12.6. The highest BCUT2D eigenvalue weighted by Gasteiger charge is 2.53. The van der Waals surface area contributed by atoms with E-state index in [1.54, 1.807) is 12.4 Å². The summed E-state index contributed by atoms with van der Waals surface area (Å²) >= 11 is 0. The minimum absolute atomic E-state index is 0.00110. The molecule has 5 heterocycles. The van der Waals surface area contributed by atoms with Gasteiger partial charge in [0.2, 0.25) is 11.8 Å². The standard InChI is InChI=1S/C28H27N3O4/c32-25-10-9-19-4-1-6-21(12-19)35-24-8-2-7-22-23-15-31(26(33)13-20-5-3-11-29-14-20)17-28(23,16-30-25)18-34-27(22)24/h1-8,11-12,14,23H,9-10,13,15-18H2,(H,30,32)/t23-,28+/m1/s1. The fourth-order valence-electron chi connectivity index (χ4n) is 5.52. The third-order valence-corrected chi connectivity index (χ3v) is 7.37. The second kappa shape index (κ2) is 8.73. The van der Waals surface area contributed by atoms with E-state index in [9.17, 15) is 9.59 Å². The van der Waals surface area contributed by atoms with Crippen molar-refractivity contribution in [2.24, 2.45) is 5.41 Å². The van der Waals surface area contributed by atoms with Gasteiger partial charge in [0.1, 0.15) is 5.75 Å². The van der Waals surface area contributed by atoms with Crippen molar-refractivity contribution < 1.29 is 19.1 Å². The van der Waals surface area contributed by atoms with E-state index in [1.165, 1.54) is 0 Å². The van der Waals surface area contributed by atoms with Crippen molar-refractivity contribution in [2.45, 2.75) is 25.2 Å². The summed E-state index contributed by atoms with van der Waals surface area (Å²) in [6.07, 6.45) is 4.77. The molecule has 4 aliphatic rings. The highest BCUT2D eigenvalue weighted by Crippen LogP contribution is 2.52. The van der Waals surface area contributed by atoms with E-state index in [4.69, 9.17) is 9.47 Å². The first-order valence-electron chi connectivity index (χ1n) is 12.1. The number of amides is 2. The Labute approximate surface area is 204 Å². The molecule has 35 heavy (non-hydrogen) atoms. The number of aromatic nitrogens is 1. The van der Waals surface area contributed by atoms with Gasteiger partial charge >= 0.3 is 0 Å². The number of carbonyl (C=O) groups excluding carboxylic acids is 2. The van der Waals surface area contributed by atoms with E-state index < -0.39 is 5.41 Å². The molecule has 1 saturated heterocycles. The van der Waals surface area contributed by atoms with Gasteiger partial charge in [-0.15, -0.1) is 0 Å². The van der Waals surface area contributed by atoms with Gasteiger partial charge in [-0.2, -0.15) is 0 Å². The third-order valence-electron chi connectivity index (χ3n) is 7.37. The first-order valence-corrected chi connectivity index (χ1v) is 12.1. The van der Waals surface area contributed by atoms with E-state index in [-0.39, 0.29) is 17.7 Å². The van der Waals surface area contributed by atoms with Crippen molar-refractivity contribution in [1.29, 1.82) is 0 Å². The molecule has 0 saturated carbocycles. The van der Waals surface area contributed by atoms with Crippen molar-refractivity contribution in [3.63, 3.8) is 0 Å². The van der Waals surface area contributed by atoms with Crippen LogP contribution in [0.5, 0.6) is 17.2 Å². The molecular weight excluding hydrogens is 442 g/mol. The highest BCUT2D eigenvalue weighted by molar-refractivity contribution is 5.80. The van der Waals surface area contributed by atoms with Crippen molar-refractivity contribution in [3.05, 3.63) is 83.7 Å². The van der Waals surface area contributed by atoms with Gasteiger partial charge in [0.05, 0.1) is 13.0 Å². The molecule has 2 aromatic carbocycles. The average Bonchev–Trinajstić information content (AvgIpc) is 3.28. The van der Waals surface area contributed by atoms with Gasteiger partial charge in [0.15, 0.2) is 11.5 Å². The molecule has 0 aliphatic carbocycles. The van der Waals surface area contributed by atoms with Crippen molar-refractivity contribution in [1.82, 2.24) is 15.2 Å². The van der Waals surface area contributed by atoms with Crippen molar-refractivity contribution in [3.8, 4) is 17.2 Å². The molecule has 1 spiro atoms. The summed E-state index contributed by atoms with van der Waals surface area (Å²) in [4.78, 5) is 32.1. The molecule has 6 bridgehead atoms. The third kappa shape index (κ3) is 4.11. The maximum Gasteiger partial charge on any atom is 0.227 e. The maximum atomic E-state index is 13.3. The fourth-order valence-corrected chi connectivity index (χ4v) is 5.52. The van der Waals surface area contributed by atoms with E-state index >= 15 is 0 Å². The van der Waals surface area contributed by atoms with Crippen molar-refractivity contribution >= 4 is 11.8 Å². The summed E-state index contributed by atoms with van der Waals surface area (Å²) in [6, 6.07) is 17.6. The molecule has 1 aromatic heterocycles. The molecule has 3 aromatic rings. The number of nitrogens with one attached hydrogen (secondary N) is 1. The SMILES string of the molecule is O=C1CCc2cccc(c2)Oc2cccc3c2OC[C@]2(CN1)CN(C(=O)Cc1cccnc1)C[C@H]32. The Balaban J connectivity index is 1.36. The number of benzene rings is 2. The topological polar surface area (TPSA) is 80.8 Å². The first kappa shape index (κ1) is 21.6. The van der Waals surface area contributed by atoms with E-state index in [1.807, 2.05) is 53.4 Å². The highest BCUT2D eigenvalue weighted by atomic mass is 16.5. The summed E-state index contributed by atoms with van der Waals surface area (Å²) in [7, 11) is 0. The summed E-state index contributed by atoms with van der Waals surface area (Å²) in [6.45, 7) is 1.96. The zero-order valence-corrected chi connectivity index (χ0v) is 19.4. The van der Waals surface area contributed by atoms with Gasteiger partial charge in [-0.1, -0.05) is 30.3 Å². The lowest BCUT2D eigenvalue weighted by atomic mass is 9.73. The van der Waals surface area contributed by atoms with Crippen LogP contribution in [-0.4, -0.2) is 47.9 Å². The number of ether oxygens (including phenoxy) is 2. The predicted octanol–water partition coefficient (Wildman–Crippen LogP) is 3.48. The zero-order chi connectivity index (χ0) is 23.8. The zero-order valence-electron chi connectivity index (χ0n) is 19.4. The lowest BCUT2D eigenvalue weighted by molar-refractivity contribution is -0.129. The van der Waals surface area contributed by atoms with Crippen LogP contribution in [0.15, 0.2) is 67.0 Å². The number of hydrogen-bond acceptors (Lipinski definition) is 5. The molecule has 178 valence electrons. The van der Waals surface area contributed by atoms with E-state index in [0.29, 0.717) is 57.0 Å².